The van der Waals surface area contributed by atoms with Gasteiger partial charge in [0.15, 0.2) is 5.15 Å². The van der Waals surface area contributed by atoms with Gasteiger partial charge in [-0.25, -0.2) is 0 Å². The van der Waals surface area contributed by atoms with E-state index in [2.05, 4.69) is 20.1 Å². The van der Waals surface area contributed by atoms with Crippen molar-refractivity contribution in [2.75, 3.05) is 13.1 Å². The Morgan fingerprint density at radius 1 is 1.46 bits per heavy atom. The summed E-state index contributed by atoms with van der Waals surface area (Å²) in [7, 11) is 0. The van der Waals surface area contributed by atoms with Crippen LogP contribution in [0.4, 0.5) is 0 Å². The third-order valence-electron chi connectivity index (χ3n) is 1.78. The summed E-state index contributed by atoms with van der Waals surface area (Å²) in [6, 6.07) is 0. The zero-order chi connectivity index (χ0) is 8.39. The Balaban J connectivity index is 0.000000845. The number of hydrogen-bond donors (Lipinski definition) is 1. The van der Waals surface area contributed by atoms with Crippen LogP contribution in [0, 0.1) is 0 Å². The molecule has 3 nitrogen and oxygen atoms in total. The lowest BCUT2D eigenvalue weighted by Crippen LogP contribution is -2.21. The molecule has 0 radical (unpaired) electrons. The first-order chi connectivity index (χ1) is 5.88. The molecule has 1 aromatic heterocycles. The third kappa shape index (κ3) is 2.40. The van der Waals surface area contributed by atoms with Crippen molar-refractivity contribution in [1.29, 1.82) is 0 Å². The van der Waals surface area contributed by atoms with Crippen LogP contribution in [-0.2, 0) is 0 Å². The number of halogens is 2. The fourth-order valence-corrected chi connectivity index (χ4v) is 1.98. The summed E-state index contributed by atoms with van der Waals surface area (Å²) in [5, 5.41) is 3.78. The summed E-state index contributed by atoms with van der Waals surface area (Å²) in [4.78, 5) is 0. The van der Waals surface area contributed by atoms with Crippen molar-refractivity contribution in [1.82, 2.24) is 14.1 Å². The fourth-order valence-electron chi connectivity index (χ4n) is 1.19. The van der Waals surface area contributed by atoms with Gasteiger partial charge in [-0.3, -0.25) is 0 Å². The molecular weight excluding hydrogens is 229 g/mol. The maximum Gasteiger partial charge on any atom is 0.170 e. The molecule has 0 atom stereocenters. The summed E-state index contributed by atoms with van der Waals surface area (Å²) in [6.07, 6.45) is 3.21. The number of rotatable bonds is 1. The zero-order valence-electron chi connectivity index (χ0n) is 6.79. The molecule has 0 unspecified atom stereocenters. The summed E-state index contributed by atoms with van der Waals surface area (Å²) < 4.78 is 8.05. The molecule has 1 N–H and O–H groups in total. The van der Waals surface area contributed by atoms with Crippen molar-refractivity contribution in [3.8, 4) is 0 Å². The molecule has 1 aromatic rings. The largest absolute Gasteiger partial charge is 0.312 e. The second kappa shape index (κ2) is 4.91. The van der Waals surface area contributed by atoms with Gasteiger partial charge in [-0.05, 0) is 18.5 Å². The maximum atomic E-state index is 5.84. The zero-order valence-corrected chi connectivity index (χ0v) is 9.18. The van der Waals surface area contributed by atoms with E-state index in [-0.39, 0.29) is 12.4 Å². The third-order valence-corrected chi connectivity index (χ3v) is 2.67. The molecular formula is C7H9Cl2N3S. The van der Waals surface area contributed by atoms with Crippen LogP contribution in [0.1, 0.15) is 12.1 Å². The monoisotopic (exact) mass is 237 g/mol. The molecule has 1 aliphatic heterocycles. The lowest BCUT2D eigenvalue weighted by molar-refractivity contribution is 0.738. The first kappa shape index (κ1) is 10.9. The van der Waals surface area contributed by atoms with Gasteiger partial charge in [0.1, 0.15) is 5.69 Å². The van der Waals surface area contributed by atoms with Gasteiger partial charge in [0.2, 0.25) is 0 Å². The van der Waals surface area contributed by atoms with Crippen LogP contribution < -0.4 is 5.32 Å². The van der Waals surface area contributed by atoms with E-state index < -0.39 is 0 Å². The van der Waals surface area contributed by atoms with E-state index in [0.29, 0.717) is 5.15 Å². The number of nitrogens with one attached hydrogen (secondary N) is 1. The molecule has 0 spiro atoms. The molecule has 6 heteroatoms. The predicted molar refractivity (Wildman–Crippen MR) is 57.6 cm³/mol. The lowest BCUT2D eigenvalue weighted by atomic mass is 10.1. The van der Waals surface area contributed by atoms with Gasteiger partial charge in [0.25, 0.3) is 0 Å². The standard InChI is InChI=1S/C7H8ClN3S.ClH/c8-7-6(10-12-11-7)5-2-1-3-9-4-5;/h2,9H,1,3-4H2;1H. The highest BCUT2D eigenvalue weighted by molar-refractivity contribution is 6.99. The molecule has 0 saturated heterocycles. The number of nitrogens with zero attached hydrogens (tertiary/aromatic N) is 2. The minimum absolute atomic E-state index is 0. The SMILES string of the molecule is Cl.Clc1nsnc1C1=CCCNC1. The first-order valence-electron chi connectivity index (χ1n) is 3.76. The highest BCUT2D eigenvalue weighted by Crippen LogP contribution is 2.22. The van der Waals surface area contributed by atoms with Crippen LogP contribution >= 0.6 is 35.7 Å². The van der Waals surface area contributed by atoms with Crippen LogP contribution in [0.3, 0.4) is 0 Å². The van der Waals surface area contributed by atoms with Gasteiger partial charge in [-0.15, -0.1) is 12.4 Å². The van der Waals surface area contributed by atoms with Gasteiger partial charge >= 0.3 is 0 Å². The van der Waals surface area contributed by atoms with E-state index in [9.17, 15) is 0 Å². The first-order valence-corrected chi connectivity index (χ1v) is 4.87. The van der Waals surface area contributed by atoms with Crippen molar-refractivity contribution in [2.45, 2.75) is 6.42 Å². The second-order valence-electron chi connectivity index (χ2n) is 2.60. The molecule has 2 rings (SSSR count). The van der Waals surface area contributed by atoms with E-state index >= 15 is 0 Å². The van der Waals surface area contributed by atoms with Crippen molar-refractivity contribution >= 4 is 41.3 Å². The quantitative estimate of drug-likeness (QED) is 0.813. The molecule has 13 heavy (non-hydrogen) atoms. The Morgan fingerprint density at radius 3 is 2.85 bits per heavy atom. The maximum absolute atomic E-state index is 5.84. The summed E-state index contributed by atoms with van der Waals surface area (Å²) in [6.45, 7) is 1.89. The van der Waals surface area contributed by atoms with E-state index in [1.807, 2.05) is 0 Å². The molecule has 0 amide bonds. The molecule has 0 saturated carbocycles. The Morgan fingerprint density at radius 2 is 2.31 bits per heavy atom. The molecule has 0 aromatic carbocycles. The molecule has 72 valence electrons. The fraction of sp³-hybridized carbons (Fsp3) is 0.429. The minimum atomic E-state index is 0. The Hall–Kier alpha value is -0.160. The predicted octanol–water partition coefficient (Wildman–Crippen LogP) is 1.99. The van der Waals surface area contributed by atoms with E-state index in [0.717, 1.165) is 36.9 Å². The summed E-state index contributed by atoms with van der Waals surface area (Å²) in [5.74, 6) is 0. The van der Waals surface area contributed by atoms with E-state index in [4.69, 9.17) is 11.6 Å². The Bertz CT molecular complexity index is 310. The highest BCUT2D eigenvalue weighted by Gasteiger charge is 2.12. The lowest BCUT2D eigenvalue weighted by Gasteiger charge is -2.11. The van der Waals surface area contributed by atoms with Crippen LogP contribution in [0.5, 0.6) is 0 Å². The average molecular weight is 238 g/mol. The molecule has 0 aliphatic carbocycles. The molecule has 2 heterocycles. The summed E-state index contributed by atoms with van der Waals surface area (Å²) in [5.41, 5.74) is 2.01. The van der Waals surface area contributed by atoms with Crippen LogP contribution in [0.2, 0.25) is 5.15 Å². The number of aromatic nitrogens is 2. The smallest absolute Gasteiger partial charge is 0.170 e. The van der Waals surface area contributed by atoms with Gasteiger partial charge in [-0.2, -0.15) is 8.75 Å². The van der Waals surface area contributed by atoms with Crippen molar-refractivity contribution in [2.24, 2.45) is 0 Å². The summed E-state index contributed by atoms with van der Waals surface area (Å²) >= 11 is 7.00. The highest BCUT2D eigenvalue weighted by atomic mass is 35.5. The van der Waals surface area contributed by atoms with Crippen molar-refractivity contribution in [3.63, 3.8) is 0 Å². The van der Waals surface area contributed by atoms with Crippen LogP contribution in [-0.4, -0.2) is 21.8 Å². The van der Waals surface area contributed by atoms with Gasteiger partial charge in [0, 0.05) is 6.54 Å². The molecule has 1 aliphatic rings. The van der Waals surface area contributed by atoms with Gasteiger partial charge in [-0.1, -0.05) is 17.7 Å². The van der Waals surface area contributed by atoms with E-state index in [1.165, 1.54) is 5.57 Å². The molecule has 0 fully saturated rings. The average Bonchev–Trinajstić information content (AvgIpc) is 2.53. The van der Waals surface area contributed by atoms with Crippen molar-refractivity contribution in [3.05, 3.63) is 16.9 Å². The van der Waals surface area contributed by atoms with E-state index in [1.54, 1.807) is 0 Å². The Labute approximate surface area is 91.9 Å². The van der Waals surface area contributed by atoms with Crippen LogP contribution in [0.15, 0.2) is 6.08 Å². The van der Waals surface area contributed by atoms with Crippen molar-refractivity contribution < 1.29 is 0 Å². The van der Waals surface area contributed by atoms with Gasteiger partial charge in [0.05, 0.1) is 11.7 Å². The van der Waals surface area contributed by atoms with Gasteiger partial charge < -0.3 is 5.32 Å². The minimum Gasteiger partial charge on any atom is -0.312 e. The topological polar surface area (TPSA) is 37.8 Å². The second-order valence-corrected chi connectivity index (χ2v) is 3.48. The Kier molecular flexibility index (Phi) is 4.12. The van der Waals surface area contributed by atoms with Crippen LogP contribution in [0.25, 0.3) is 5.57 Å². The number of hydrogen-bond acceptors (Lipinski definition) is 4. The molecule has 0 bridgehead atoms. The normalized spacial score (nSPS) is 16.2.